The quantitative estimate of drug-likeness (QED) is 0.899. The molecule has 0 aliphatic rings. The average Bonchev–Trinajstić information content (AvgIpc) is 2.46. The highest BCUT2D eigenvalue weighted by molar-refractivity contribution is 5.94. The number of carboxylic acids is 1. The molecule has 6 heteroatoms. The van der Waals surface area contributed by atoms with Gasteiger partial charge in [0.25, 0.3) is 0 Å². The van der Waals surface area contributed by atoms with Crippen molar-refractivity contribution < 1.29 is 19.4 Å². The number of rotatable bonds is 3. The van der Waals surface area contributed by atoms with Crippen molar-refractivity contribution in [3.63, 3.8) is 0 Å². The summed E-state index contributed by atoms with van der Waals surface area (Å²) in [5.74, 6) is -1.09. The van der Waals surface area contributed by atoms with Crippen LogP contribution in [0.15, 0.2) is 42.6 Å². The number of carbonyl (C=O) groups excluding carboxylic acids is 1. The van der Waals surface area contributed by atoms with Gasteiger partial charge in [-0.15, -0.1) is 0 Å². The van der Waals surface area contributed by atoms with E-state index in [1.54, 1.807) is 57.2 Å². The lowest BCUT2D eigenvalue weighted by Crippen LogP contribution is -2.27. The Balaban J connectivity index is 2.18. The van der Waals surface area contributed by atoms with Crippen LogP contribution in [0.4, 0.5) is 10.5 Å². The van der Waals surface area contributed by atoms with Crippen LogP contribution < -0.4 is 5.32 Å². The zero-order chi connectivity index (χ0) is 17.0. The number of aromatic nitrogens is 1. The molecule has 0 saturated heterocycles. The lowest BCUT2D eigenvalue weighted by molar-refractivity contribution is 0.0634. The first kappa shape index (κ1) is 16.5. The summed E-state index contributed by atoms with van der Waals surface area (Å²) in [5.41, 5.74) is 1.19. The molecule has 2 aromatic rings. The predicted octanol–water partition coefficient (Wildman–Crippen LogP) is 3.79. The fourth-order valence-electron chi connectivity index (χ4n) is 1.96. The van der Waals surface area contributed by atoms with Gasteiger partial charge in [-0.1, -0.05) is 18.2 Å². The summed E-state index contributed by atoms with van der Waals surface area (Å²) in [5, 5.41) is 11.8. The summed E-state index contributed by atoms with van der Waals surface area (Å²) in [6.45, 7) is 5.35. The smallest absolute Gasteiger partial charge is 0.412 e. The molecule has 6 nitrogen and oxygen atoms in total. The molecule has 2 N–H and O–H groups in total. The number of pyridine rings is 1. The Morgan fingerprint density at radius 2 is 1.78 bits per heavy atom. The van der Waals surface area contributed by atoms with Crippen LogP contribution in [0.3, 0.4) is 0 Å². The Morgan fingerprint density at radius 3 is 2.35 bits per heavy atom. The number of benzene rings is 1. The van der Waals surface area contributed by atoms with Gasteiger partial charge in [0, 0.05) is 17.4 Å². The number of amides is 1. The van der Waals surface area contributed by atoms with Gasteiger partial charge in [-0.3, -0.25) is 5.32 Å². The molecule has 0 unspecified atom stereocenters. The summed E-state index contributed by atoms with van der Waals surface area (Å²) in [4.78, 5) is 26.8. The molecule has 0 bridgehead atoms. The molecule has 0 aliphatic heterocycles. The van der Waals surface area contributed by atoms with Gasteiger partial charge in [-0.2, -0.15) is 0 Å². The first-order valence-electron chi connectivity index (χ1n) is 7.05. The normalized spacial score (nSPS) is 10.9. The molecule has 0 spiro atoms. The lowest BCUT2D eigenvalue weighted by Gasteiger charge is -2.19. The van der Waals surface area contributed by atoms with Crippen molar-refractivity contribution in [1.82, 2.24) is 4.98 Å². The summed E-state index contributed by atoms with van der Waals surface area (Å²) in [6.07, 6.45) is 0.892. The van der Waals surface area contributed by atoms with Crippen molar-refractivity contribution in [3.05, 3.63) is 48.3 Å². The Labute approximate surface area is 134 Å². The maximum atomic E-state index is 11.7. The number of carboxylic acid groups (broad SMARTS) is 1. The SMILES string of the molecule is CC(C)(C)OC(=O)Nc1ccc(-c2cccnc2C(=O)O)cc1. The second-order valence-electron chi connectivity index (χ2n) is 5.91. The molecule has 0 fully saturated rings. The van der Waals surface area contributed by atoms with Gasteiger partial charge in [-0.05, 0) is 44.5 Å². The van der Waals surface area contributed by atoms with Crippen molar-refractivity contribution in [2.24, 2.45) is 0 Å². The van der Waals surface area contributed by atoms with Crippen LogP contribution in [0.25, 0.3) is 11.1 Å². The van der Waals surface area contributed by atoms with Crippen molar-refractivity contribution >= 4 is 17.7 Å². The standard InChI is InChI=1S/C17H18N2O4/c1-17(2,3)23-16(22)19-12-8-6-11(7-9-12)13-5-4-10-18-14(13)15(20)21/h4-10H,1-3H3,(H,19,22)(H,20,21). The number of carbonyl (C=O) groups is 2. The zero-order valence-electron chi connectivity index (χ0n) is 13.2. The Bertz CT molecular complexity index is 718. The minimum atomic E-state index is -1.09. The molecular formula is C17H18N2O4. The first-order valence-corrected chi connectivity index (χ1v) is 7.05. The average molecular weight is 314 g/mol. The third-order valence-electron chi connectivity index (χ3n) is 2.85. The monoisotopic (exact) mass is 314 g/mol. The number of ether oxygens (including phenoxy) is 1. The summed E-state index contributed by atoms with van der Waals surface area (Å²) in [6, 6.07) is 10.2. The maximum Gasteiger partial charge on any atom is 0.412 e. The lowest BCUT2D eigenvalue weighted by atomic mass is 10.0. The zero-order valence-corrected chi connectivity index (χ0v) is 13.2. The molecule has 0 atom stereocenters. The van der Waals surface area contributed by atoms with Crippen LogP contribution in [0, 0.1) is 0 Å². The van der Waals surface area contributed by atoms with E-state index in [9.17, 15) is 14.7 Å². The van der Waals surface area contributed by atoms with Crippen LogP contribution in [-0.2, 0) is 4.74 Å². The van der Waals surface area contributed by atoms with E-state index in [1.807, 2.05) is 0 Å². The van der Waals surface area contributed by atoms with Crippen LogP contribution in [0.2, 0.25) is 0 Å². The molecule has 1 amide bonds. The van der Waals surface area contributed by atoms with Crippen LogP contribution in [0.1, 0.15) is 31.3 Å². The Morgan fingerprint density at radius 1 is 1.13 bits per heavy atom. The molecule has 23 heavy (non-hydrogen) atoms. The highest BCUT2D eigenvalue weighted by Crippen LogP contribution is 2.24. The second-order valence-corrected chi connectivity index (χ2v) is 5.91. The van der Waals surface area contributed by atoms with Gasteiger partial charge in [-0.25, -0.2) is 14.6 Å². The molecular weight excluding hydrogens is 296 g/mol. The molecule has 0 saturated carbocycles. The number of nitrogens with zero attached hydrogens (tertiary/aromatic N) is 1. The van der Waals surface area contributed by atoms with Crippen LogP contribution >= 0.6 is 0 Å². The van der Waals surface area contributed by atoms with Gasteiger partial charge in [0.05, 0.1) is 0 Å². The molecule has 0 radical (unpaired) electrons. The Kier molecular flexibility index (Phi) is 4.64. The van der Waals surface area contributed by atoms with Gasteiger partial charge >= 0.3 is 12.1 Å². The van der Waals surface area contributed by atoms with Crippen LogP contribution in [-0.4, -0.2) is 27.8 Å². The van der Waals surface area contributed by atoms with Gasteiger partial charge in [0.15, 0.2) is 5.69 Å². The van der Waals surface area contributed by atoms with E-state index in [2.05, 4.69) is 10.3 Å². The molecule has 1 aromatic heterocycles. The maximum absolute atomic E-state index is 11.7. The number of hydrogen-bond donors (Lipinski definition) is 2. The summed E-state index contributed by atoms with van der Waals surface area (Å²) >= 11 is 0. The van der Waals surface area contributed by atoms with E-state index >= 15 is 0 Å². The van der Waals surface area contributed by atoms with Gasteiger partial charge < -0.3 is 9.84 Å². The second kappa shape index (κ2) is 6.48. The van der Waals surface area contributed by atoms with E-state index in [0.29, 0.717) is 16.8 Å². The van der Waals surface area contributed by atoms with E-state index in [-0.39, 0.29) is 5.69 Å². The van der Waals surface area contributed by atoms with E-state index in [0.717, 1.165) is 0 Å². The topological polar surface area (TPSA) is 88.5 Å². The molecule has 2 rings (SSSR count). The van der Waals surface area contributed by atoms with Crippen molar-refractivity contribution in [1.29, 1.82) is 0 Å². The van der Waals surface area contributed by atoms with Crippen molar-refractivity contribution in [2.75, 3.05) is 5.32 Å². The molecule has 0 aliphatic carbocycles. The van der Waals surface area contributed by atoms with Crippen molar-refractivity contribution in [2.45, 2.75) is 26.4 Å². The van der Waals surface area contributed by atoms with E-state index < -0.39 is 17.7 Å². The summed E-state index contributed by atoms with van der Waals surface area (Å²) in [7, 11) is 0. The number of hydrogen-bond acceptors (Lipinski definition) is 4. The molecule has 1 heterocycles. The number of anilines is 1. The largest absolute Gasteiger partial charge is 0.476 e. The highest BCUT2D eigenvalue weighted by Gasteiger charge is 2.16. The minimum Gasteiger partial charge on any atom is -0.476 e. The van der Waals surface area contributed by atoms with Crippen LogP contribution in [0.5, 0.6) is 0 Å². The third-order valence-corrected chi connectivity index (χ3v) is 2.85. The highest BCUT2D eigenvalue weighted by atomic mass is 16.6. The Hall–Kier alpha value is -2.89. The summed E-state index contributed by atoms with van der Waals surface area (Å²) < 4.78 is 5.17. The van der Waals surface area contributed by atoms with Gasteiger partial charge in [0.2, 0.25) is 0 Å². The van der Waals surface area contributed by atoms with Gasteiger partial charge in [0.1, 0.15) is 5.60 Å². The first-order chi connectivity index (χ1) is 10.8. The number of nitrogens with one attached hydrogen (secondary N) is 1. The fourth-order valence-corrected chi connectivity index (χ4v) is 1.96. The number of aromatic carboxylic acids is 1. The molecule has 120 valence electrons. The predicted molar refractivity (Wildman–Crippen MR) is 86.5 cm³/mol. The van der Waals surface area contributed by atoms with Crippen molar-refractivity contribution in [3.8, 4) is 11.1 Å². The fraction of sp³-hybridized carbons (Fsp3) is 0.235. The minimum absolute atomic E-state index is 0.0136. The third kappa shape index (κ3) is 4.54. The van der Waals surface area contributed by atoms with E-state index in [4.69, 9.17) is 4.74 Å². The van der Waals surface area contributed by atoms with E-state index in [1.165, 1.54) is 6.20 Å². The molecule has 1 aromatic carbocycles.